The molecule has 0 saturated heterocycles. The van der Waals surface area contributed by atoms with E-state index in [9.17, 15) is 8.42 Å². The summed E-state index contributed by atoms with van der Waals surface area (Å²) in [7, 11) is -1.94. The summed E-state index contributed by atoms with van der Waals surface area (Å²) in [5, 5.41) is 0. The Bertz CT molecular complexity index is 805. The van der Waals surface area contributed by atoms with Crippen LogP contribution in [0.4, 0.5) is 0 Å². The van der Waals surface area contributed by atoms with E-state index in [0.717, 1.165) is 28.0 Å². The highest BCUT2D eigenvalue weighted by molar-refractivity contribution is 7.89. The number of aryl methyl sites for hydroxylation is 3. The summed E-state index contributed by atoms with van der Waals surface area (Å²) in [6.07, 6.45) is 0. The summed E-state index contributed by atoms with van der Waals surface area (Å²) in [6.45, 7) is 8.47. The molecule has 24 heavy (non-hydrogen) atoms. The van der Waals surface area contributed by atoms with Crippen LogP contribution in [0.3, 0.4) is 0 Å². The zero-order chi connectivity index (χ0) is 17.9. The Balaban J connectivity index is 2.32. The Morgan fingerprint density at radius 3 is 2.25 bits per heavy atom. The topological polar surface area (TPSA) is 46.6 Å². The normalized spacial score (nSPS) is 11.8. The summed E-state index contributed by atoms with van der Waals surface area (Å²) in [4.78, 5) is 0.400. The fraction of sp³-hybridized carbons (Fsp3) is 0.368. The predicted octanol–water partition coefficient (Wildman–Crippen LogP) is 3.83. The number of hydrogen-bond donors (Lipinski definition) is 0. The largest absolute Gasteiger partial charge is 0.494 e. The van der Waals surface area contributed by atoms with Gasteiger partial charge < -0.3 is 4.74 Å². The molecule has 0 N–H and O–H groups in total. The predicted molar refractivity (Wildman–Crippen MR) is 96.9 cm³/mol. The molecule has 0 spiro atoms. The van der Waals surface area contributed by atoms with Gasteiger partial charge in [0, 0.05) is 13.6 Å². The second kappa shape index (κ2) is 7.36. The van der Waals surface area contributed by atoms with Crippen LogP contribution in [0.15, 0.2) is 41.3 Å². The van der Waals surface area contributed by atoms with Crippen molar-refractivity contribution in [1.82, 2.24) is 4.31 Å². The van der Waals surface area contributed by atoms with Crippen molar-refractivity contribution in [3.05, 3.63) is 58.7 Å². The molecule has 2 aromatic carbocycles. The lowest BCUT2D eigenvalue weighted by Gasteiger charge is -2.21. The molecule has 0 heterocycles. The number of ether oxygens (including phenoxy) is 1. The van der Waals surface area contributed by atoms with Crippen molar-refractivity contribution in [3.63, 3.8) is 0 Å². The first-order chi connectivity index (χ1) is 11.3. The van der Waals surface area contributed by atoms with Crippen LogP contribution < -0.4 is 4.74 Å². The SMILES string of the molecule is CCOc1cccc(CN(C)S(=O)(=O)c2c(C)cc(C)cc2C)c1. The molecular weight excluding hydrogens is 322 g/mol. The number of nitrogens with zero attached hydrogens (tertiary/aromatic N) is 1. The lowest BCUT2D eigenvalue weighted by Crippen LogP contribution is -2.27. The van der Waals surface area contributed by atoms with E-state index in [1.807, 2.05) is 64.1 Å². The molecule has 0 aromatic heterocycles. The summed E-state index contributed by atoms with van der Waals surface area (Å²) in [5.74, 6) is 0.753. The quantitative estimate of drug-likeness (QED) is 0.798. The van der Waals surface area contributed by atoms with Crippen LogP contribution in [0, 0.1) is 20.8 Å². The molecule has 5 heteroatoms. The van der Waals surface area contributed by atoms with Crippen molar-refractivity contribution >= 4 is 10.0 Å². The number of rotatable bonds is 6. The third kappa shape index (κ3) is 3.97. The van der Waals surface area contributed by atoms with Crippen molar-refractivity contribution in [3.8, 4) is 5.75 Å². The van der Waals surface area contributed by atoms with Crippen LogP contribution in [0.5, 0.6) is 5.75 Å². The highest BCUT2D eigenvalue weighted by Gasteiger charge is 2.25. The van der Waals surface area contributed by atoms with Crippen LogP contribution in [0.2, 0.25) is 0 Å². The highest BCUT2D eigenvalue weighted by atomic mass is 32.2. The van der Waals surface area contributed by atoms with E-state index in [1.54, 1.807) is 7.05 Å². The summed E-state index contributed by atoms with van der Waals surface area (Å²) in [5.41, 5.74) is 3.52. The van der Waals surface area contributed by atoms with E-state index in [2.05, 4.69) is 0 Å². The van der Waals surface area contributed by atoms with Gasteiger partial charge in [-0.05, 0) is 56.5 Å². The number of hydrogen-bond acceptors (Lipinski definition) is 3. The molecule has 4 nitrogen and oxygen atoms in total. The van der Waals surface area contributed by atoms with Crippen LogP contribution in [0.1, 0.15) is 29.2 Å². The molecule has 0 radical (unpaired) electrons. The van der Waals surface area contributed by atoms with Gasteiger partial charge in [-0.2, -0.15) is 4.31 Å². The van der Waals surface area contributed by atoms with Crippen LogP contribution in [-0.4, -0.2) is 26.4 Å². The van der Waals surface area contributed by atoms with Gasteiger partial charge in [0.05, 0.1) is 11.5 Å². The Morgan fingerprint density at radius 2 is 1.67 bits per heavy atom. The first-order valence-corrected chi connectivity index (χ1v) is 9.45. The second-order valence-corrected chi connectivity index (χ2v) is 8.05. The van der Waals surface area contributed by atoms with Gasteiger partial charge in [-0.15, -0.1) is 0 Å². The zero-order valence-corrected chi connectivity index (χ0v) is 15.8. The Labute approximate surface area is 145 Å². The van der Waals surface area contributed by atoms with E-state index in [1.165, 1.54) is 4.31 Å². The summed E-state index contributed by atoms with van der Waals surface area (Å²) in [6, 6.07) is 11.3. The standard InChI is InChI=1S/C19H25NO3S/c1-6-23-18-9-7-8-17(12-18)13-20(5)24(21,22)19-15(3)10-14(2)11-16(19)4/h7-12H,6,13H2,1-5H3. The van der Waals surface area contributed by atoms with Gasteiger partial charge in [-0.3, -0.25) is 0 Å². The lowest BCUT2D eigenvalue weighted by molar-refractivity contribution is 0.339. The summed E-state index contributed by atoms with van der Waals surface area (Å²) >= 11 is 0. The maximum atomic E-state index is 13.0. The maximum absolute atomic E-state index is 13.0. The molecule has 0 fully saturated rings. The molecule has 2 aromatic rings. The smallest absolute Gasteiger partial charge is 0.243 e. The fourth-order valence-electron chi connectivity index (χ4n) is 2.97. The third-order valence-electron chi connectivity index (χ3n) is 3.89. The van der Waals surface area contributed by atoms with Gasteiger partial charge in [-0.25, -0.2) is 8.42 Å². The molecule has 0 aliphatic heterocycles. The monoisotopic (exact) mass is 347 g/mol. The zero-order valence-electron chi connectivity index (χ0n) is 15.0. The van der Waals surface area contributed by atoms with E-state index in [-0.39, 0.29) is 0 Å². The van der Waals surface area contributed by atoms with E-state index in [0.29, 0.717) is 18.0 Å². The van der Waals surface area contributed by atoms with Gasteiger partial charge in [0.2, 0.25) is 10.0 Å². The van der Waals surface area contributed by atoms with Crippen molar-refractivity contribution in [2.75, 3.05) is 13.7 Å². The molecule has 0 unspecified atom stereocenters. The van der Waals surface area contributed by atoms with E-state index < -0.39 is 10.0 Å². The molecular formula is C19H25NO3S. The fourth-order valence-corrected chi connectivity index (χ4v) is 4.53. The van der Waals surface area contributed by atoms with Crippen molar-refractivity contribution < 1.29 is 13.2 Å². The minimum Gasteiger partial charge on any atom is -0.494 e. The van der Waals surface area contributed by atoms with Gasteiger partial charge in [0.25, 0.3) is 0 Å². The van der Waals surface area contributed by atoms with Gasteiger partial charge in [0.15, 0.2) is 0 Å². The van der Waals surface area contributed by atoms with E-state index >= 15 is 0 Å². The minimum atomic E-state index is -3.55. The first-order valence-electron chi connectivity index (χ1n) is 8.01. The maximum Gasteiger partial charge on any atom is 0.243 e. The first kappa shape index (κ1) is 18.5. The third-order valence-corrected chi connectivity index (χ3v) is 6.00. The summed E-state index contributed by atoms with van der Waals surface area (Å²) < 4.78 is 32.9. The average Bonchev–Trinajstić information content (AvgIpc) is 2.46. The number of sulfonamides is 1. The van der Waals surface area contributed by atoms with E-state index in [4.69, 9.17) is 4.74 Å². The molecule has 130 valence electrons. The molecule has 0 aliphatic rings. The lowest BCUT2D eigenvalue weighted by atomic mass is 10.1. The highest BCUT2D eigenvalue weighted by Crippen LogP contribution is 2.26. The Kier molecular flexibility index (Phi) is 5.67. The minimum absolute atomic E-state index is 0.302. The van der Waals surface area contributed by atoms with Gasteiger partial charge >= 0.3 is 0 Å². The molecule has 0 saturated carbocycles. The van der Waals surface area contributed by atoms with Crippen molar-refractivity contribution in [2.45, 2.75) is 39.1 Å². The van der Waals surface area contributed by atoms with Crippen molar-refractivity contribution in [1.29, 1.82) is 0 Å². The Hall–Kier alpha value is -1.85. The van der Waals surface area contributed by atoms with Crippen LogP contribution in [0.25, 0.3) is 0 Å². The van der Waals surface area contributed by atoms with Crippen LogP contribution >= 0.6 is 0 Å². The average molecular weight is 347 g/mol. The molecule has 0 amide bonds. The molecule has 2 rings (SSSR count). The van der Waals surface area contributed by atoms with Gasteiger partial charge in [-0.1, -0.05) is 29.8 Å². The molecule has 0 atom stereocenters. The molecule has 0 bridgehead atoms. The molecule has 0 aliphatic carbocycles. The second-order valence-electron chi connectivity index (χ2n) is 6.07. The Morgan fingerprint density at radius 1 is 1.04 bits per heavy atom. The van der Waals surface area contributed by atoms with Gasteiger partial charge in [0.1, 0.15) is 5.75 Å². The van der Waals surface area contributed by atoms with Crippen molar-refractivity contribution in [2.24, 2.45) is 0 Å². The van der Waals surface area contributed by atoms with Crippen LogP contribution in [-0.2, 0) is 16.6 Å². The number of benzene rings is 2.